The molecule has 0 atom stereocenters. The predicted octanol–water partition coefficient (Wildman–Crippen LogP) is 6.34. The molecular formula is C21H17Cl2FN4O. The van der Waals surface area contributed by atoms with Crippen LogP contribution in [0.15, 0.2) is 55.2 Å². The first-order valence-electron chi connectivity index (χ1n) is 8.72. The van der Waals surface area contributed by atoms with Crippen LogP contribution in [0.4, 0.5) is 21.6 Å². The number of carbonyl (C=O) groups excluding carboxylic acids is 1. The summed E-state index contributed by atoms with van der Waals surface area (Å²) in [4.78, 5) is 20.8. The van der Waals surface area contributed by atoms with Crippen molar-refractivity contribution < 1.29 is 9.18 Å². The fraction of sp³-hybridized carbons (Fsp3) is 0.0952. The zero-order valence-corrected chi connectivity index (χ0v) is 17.0. The summed E-state index contributed by atoms with van der Waals surface area (Å²) in [5, 5.41) is 5.61. The number of nitrogens with one attached hydrogen (secondary N) is 2. The van der Waals surface area contributed by atoms with Crippen LogP contribution in [0.2, 0.25) is 10.3 Å². The molecule has 0 fully saturated rings. The Morgan fingerprint density at radius 3 is 2.62 bits per heavy atom. The molecule has 2 N–H and O–H groups in total. The molecule has 2 aromatic carbocycles. The van der Waals surface area contributed by atoms with Crippen molar-refractivity contribution in [2.45, 2.75) is 13.3 Å². The first-order chi connectivity index (χ1) is 13.9. The minimum absolute atomic E-state index is 0.0419. The molecule has 3 aromatic rings. The summed E-state index contributed by atoms with van der Waals surface area (Å²) in [7, 11) is 0. The Labute approximate surface area is 177 Å². The molecule has 0 bridgehead atoms. The van der Waals surface area contributed by atoms with Crippen LogP contribution in [0, 0.1) is 5.82 Å². The van der Waals surface area contributed by atoms with Gasteiger partial charge in [-0.1, -0.05) is 49.4 Å². The molecule has 3 rings (SSSR count). The molecule has 5 nitrogen and oxygen atoms in total. The number of rotatable bonds is 6. The molecular weight excluding hydrogens is 414 g/mol. The molecule has 0 unspecified atom stereocenters. The molecule has 0 saturated carbocycles. The van der Waals surface area contributed by atoms with Gasteiger partial charge in [-0.05, 0) is 41.8 Å². The molecule has 29 heavy (non-hydrogen) atoms. The second-order valence-corrected chi connectivity index (χ2v) is 6.83. The number of aromatic nitrogens is 2. The molecule has 8 heteroatoms. The highest BCUT2D eigenvalue weighted by molar-refractivity contribution is 6.34. The van der Waals surface area contributed by atoms with Crippen LogP contribution in [0.5, 0.6) is 0 Å². The molecule has 0 radical (unpaired) electrons. The van der Waals surface area contributed by atoms with E-state index in [0.29, 0.717) is 5.69 Å². The Bertz CT molecular complexity index is 1070. The zero-order chi connectivity index (χ0) is 21.0. The van der Waals surface area contributed by atoms with Crippen LogP contribution in [0.25, 0.3) is 5.57 Å². The van der Waals surface area contributed by atoms with Gasteiger partial charge in [0.25, 0.3) is 5.91 Å². The maximum atomic E-state index is 14.0. The van der Waals surface area contributed by atoms with Crippen molar-refractivity contribution in [2.75, 3.05) is 10.6 Å². The van der Waals surface area contributed by atoms with Gasteiger partial charge in [0.05, 0.1) is 10.7 Å². The second kappa shape index (κ2) is 9.03. The summed E-state index contributed by atoms with van der Waals surface area (Å²) in [5.41, 5.74) is 2.45. The van der Waals surface area contributed by atoms with Crippen molar-refractivity contribution in [2.24, 2.45) is 0 Å². The number of benzene rings is 2. The van der Waals surface area contributed by atoms with Crippen LogP contribution < -0.4 is 10.6 Å². The standard InChI is InChI=1S/C21H17Cl2FN4O/c1-3-12(2)13-7-4-5-10-17(13)26-19-14(11-25-21(23)28-19)20(29)27-18-15(22)8-6-9-16(18)24/h4-11H,2-3H2,1H3,(H,27,29)(H,25,26,28). The Hall–Kier alpha value is -2.96. The fourth-order valence-electron chi connectivity index (χ4n) is 2.64. The number of anilines is 3. The molecule has 0 saturated heterocycles. The number of nitrogens with zero attached hydrogens (tertiary/aromatic N) is 2. The number of amides is 1. The van der Waals surface area contributed by atoms with E-state index in [-0.39, 0.29) is 27.4 Å². The van der Waals surface area contributed by atoms with Gasteiger partial charge in [0.15, 0.2) is 0 Å². The number of halogens is 3. The van der Waals surface area contributed by atoms with E-state index in [4.69, 9.17) is 23.2 Å². The average molecular weight is 431 g/mol. The first-order valence-corrected chi connectivity index (χ1v) is 9.48. The number of hydrogen-bond donors (Lipinski definition) is 2. The van der Waals surface area contributed by atoms with Gasteiger partial charge in [-0.25, -0.2) is 9.37 Å². The summed E-state index contributed by atoms with van der Waals surface area (Å²) in [6.45, 7) is 6.06. The summed E-state index contributed by atoms with van der Waals surface area (Å²) in [6, 6.07) is 11.6. The van der Waals surface area contributed by atoms with Crippen molar-refractivity contribution in [3.63, 3.8) is 0 Å². The van der Waals surface area contributed by atoms with Crippen molar-refractivity contribution >= 4 is 51.9 Å². The Morgan fingerprint density at radius 1 is 1.14 bits per heavy atom. The van der Waals surface area contributed by atoms with Gasteiger partial charge in [-0.15, -0.1) is 0 Å². The van der Waals surface area contributed by atoms with Gasteiger partial charge in [0.2, 0.25) is 5.28 Å². The van der Waals surface area contributed by atoms with Crippen molar-refractivity contribution in [3.05, 3.63) is 82.5 Å². The third-order valence-electron chi connectivity index (χ3n) is 4.19. The highest BCUT2D eigenvalue weighted by Crippen LogP contribution is 2.30. The van der Waals surface area contributed by atoms with E-state index in [1.165, 1.54) is 24.4 Å². The lowest BCUT2D eigenvalue weighted by atomic mass is 10.0. The molecule has 1 amide bonds. The average Bonchev–Trinajstić information content (AvgIpc) is 2.70. The molecule has 148 valence electrons. The number of allylic oxidation sites excluding steroid dienone is 1. The zero-order valence-electron chi connectivity index (χ0n) is 15.5. The largest absolute Gasteiger partial charge is 0.339 e. The minimum atomic E-state index is -0.653. The van der Waals surface area contributed by atoms with Crippen LogP contribution >= 0.6 is 23.2 Å². The normalized spacial score (nSPS) is 10.5. The minimum Gasteiger partial charge on any atom is -0.339 e. The van der Waals surface area contributed by atoms with Crippen molar-refractivity contribution in [1.29, 1.82) is 0 Å². The quantitative estimate of drug-likeness (QED) is 0.447. The second-order valence-electron chi connectivity index (χ2n) is 6.08. The topological polar surface area (TPSA) is 66.9 Å². The molecule has 0 aliphatic carbocycles. The van der Waals surface area contributed by atoms with Crippen molar-refractivity contribution in [3.8, 4) is 0 Å². The smallest absolute Gasteiger partial charge is 0.261 e. The van der Waals surface area contributed by atoms with Gasteiger partial charge in [0.1, 0.15) is 17.2 Å². The molecule has 0 aliphatic rings. The van der Waals surface area contributed by atoms with Crippen LogP contribution in [0.1, 0.15) is 29.3 Å². The maximum Gasteiger partial charge on any atom is 0.261 e. The number of carbonyl (C=O) groups is 1. The fourth-order valence-corrected chi connectivity index (χ4v) is 2.98. The molecule has 1 aromatic heterocycles. The van der Waals surface area contributed by atoms with Crippen molar-refractivity contribution in [1.82, 2.24) is 9.97 Å². The lowest BCUT2D eigenvalue weighted by Crippen LogP contribution is -2.16. The monoisotopic (exact) mass is 430 g/mol. The van der Waals surface area contributed by atoms with Gasteiger partial charge < -0.3 is 10.6 Å². The van der Waals surface area contributed by atoms with E-state index in [1.807, 2.05) is 31.2 Å². The number of para-hydroxylation sites is 2. The van der Waals surface area contributed by atoms with E-state index in [2.05, 4.69) is 27.2 Å². The maximum absolute atomic E-state index is 14.0. The summed E-state index contributed by atoms with van der Waals surface area (Å²) >= 11 is 11.9. The summed E-state index contributed by atoms with van der Waals surface area (Å²) in [6.07, 6.45) is 2.02. The van der Waals surface area contributed by atoms with Gasteiger partial charge in [0, 0.05) is 17.4 Å². The predicted molar refractivity (Wildman–Crippen MR) is 115 cm³/mol. The van der Waals surface area contributed by atoms with Crippen LogP contribution in [-0.2, 0) is 0 Å². The van der Waals surface area contributed by atoms with Crippen LogP contribution in [0.3, 0.4) is 0 Å². The Balaban J connectivity index is 1.97. The van der Waals surface area contributed by atoms with Gasteiger partial charge in [-0.3, -0.25) is 4.79 Å². The lowest BCUT2D eigenvalue weighted by Gasteiger charge is -2.15. The molecule has 0 aliphatic heterocycles. The van der Waals surface area contributed by atoms with E-state index in [9.17, 15) is 9.18 Å². The van der Waals surface area contributed by atoms with E-state index >= 15 is 0 Å². The molecule has 1 heterocycles. The highest BCUT2D eigenvalue weighted by Gasteiger charge is 2.19. The first kappa shape index (κ1) is 20.8. The SMILES string of the molecule is C=C(CC)c1ccccc1Nc1nc(Cl)ncc1C(=O)Nc1c(F)cccc1Cl. The Morgan fingerprint density at radius 2 is 1.90 bits per heavy atom. The van der Waals surface area contributed by atoms with Gasteiger partial charge in [-0.2, -0.15) is 4.98 Å². The Kier molecular flexibility index (Phi) is 6.46. The van der Waals surface area contributed by atoms with Crippen LogP contribution in [-0.4, -0.2) is 15.9 Å². The molecule has 0 spiro atoms. The lowest BCUT2D eigenvalue weighted by molar-refractivity contribution is 0.102. The van der Waals surface area contributed by atoms with E-state index in [1.54, 1.807) is 0 Å². The third-order valence-corrected chi connectivity index (χ3v) is 4.69. The summed E-state index contributed by atoms with van der Waals surface area (Å²) in [5.74, 6) is -1.12. The van der Waals surface area contributed by atoms with E-state index < -0.39 is 11.7 Å². The van der Waals surface area contributed by atoms with E-state index in [0.717, 1.165) is 17.6 Å². The number of hydrogen-bond acceptors (Lipinski definition) is 4. The third kappa shape index (κ3) is 4.72. The van der Waals surface area contributed by atoms with Gasteiger partial charge >= 0.3 is 0 Å². The summed E-state index contributed by atoms with van der Waals surface area (Å²) < 4.78 is 14.0. The highest BCUT2D eigenvalue weighted by atomic mass is 35.5.